The van der Waals surface area contributed by atoms with Crippen molar-refractivity contribution >= 4 is 21.4 Å². The molecule has 112 valence electrons. The van der Waals surface area contributed by atoms with Gasteiger partial charge in [-0.3, -0.25) is 4.79 Å². The summed E-state index contributed by atoms with van der Waals surface area (Å²) in [5.41, 5.74) is 1.30. The lowest BCUT2D eigenvalue weighted by Gasteiger charge is -2.15. The highest BCUT2D eigenvalue weighted by atomic mass is 32.2. The quantitative estimate of drug-likeness (QED) is 0.803. The molecule has 1 unspecified atom stereocenters. The van der Waals surface area contributed by atoms with Gasteiger partial charge in [-0.15, -0.1) is 0 Å². The number of hydrogen-bond donors (Lipinski definition) is 2. The Morgan fingerprint density at radius 2 is 2.00 bits per heavy atom. The van der Waals surface area contributed by atoms with E-state index in [-0.39, 0.29) is 23.5 Å². The van der Waals surface area contributed by atoms with Gasteiger partial charge in [0.05, 0.1) is 5.75 Å². The van der Waals surface area contributed by atoms with Gasteiger partial charge in [-0.25, -0.2) is 8.42 Å². The number of anilines is 1. The maximum atomic E-state index is 11.7. The highest BCUT2D eigenvalue weighted by molar-refractivity contribution is 7.91. The van der Waals surface area contributed by atoms with Crippen LogP contribution < -0.4 is 10.6 Å². The van der Waals surface area contributed by atoms with E-state index in [0.29, 0.717) is 12.1 Å². The van der Waals surface area contributed by atoms with Crippen molar-refractivity contribution in [3.63, 3.8) is 0 Å². The first kappa shape index (κ1) is 16.5. The Morgan fingerprint density at radius 3 is 2.60 bits per heavy atom. The van der Waals surface area contributed by atoms with Crippen LogP contribution in [0.5, 0.6) is 0 Å². The fourth-order valence-electron chi connectivity index (χ4n) is 1.84. The van der Waals surface area contributed by atoms with Gasteiger partial charge in [0.2, 0.25) is 0 Å². The molecule has 6 heteroatoms. The molecular weight excluding hydrogens is 276 g/mol. The molecule has 0 radical (unpaired) electrons. The van der Waals surface area contributed by atoms with E-state index in [1.807, 2.05) is 19.9 Å². The number of amides is 1. The number of nitrogens with one attached hydrogen (secondary N) is 2. The third-order valence-electron chi connectivity index (χ3n) is 2.82. The molecule has 0 aliphatic carbocycles. The molecule has 0 aromatic heterocycles. The Bertz CT molecular complexity index is 555. The summed E-state index contributed by atoms with van der Waals surface area (Å²) >= 11 is 0. The Morgan fingerprint density at radius 1 is 1.30 bits per heavy atom. The smallest absolute Gasteiger partial charge is 0.251 e. The molecule has 0 bridgehead atoms. The van der Waals surface area contributed by atoms with Gasteiger partial charge in [-0.05, 0) is 32.0 Å². The van der Waals surface area contributed by atoms with E-state index < -0.39 is 9.84 Å². The monoisotopic (exact) mass is 298 g/mol. The van der Waals surface area contributed by atoms with Gasteiger partial charge in [0.1, 0.15) is 0 Å². The standard InChI is InChI=1S/C14H22N2O3S/c1-4-15-14(17)12-7-6-8-13(9-12)16-11(3)10-20(18,19)5-2/h6-9,11,16H,4-5,10H2,1-3H3,(H,15,17). The van der Waals surface area contributed by atoms with E-state index in [4.69, 9.17) is 0 Å². The van der Waals surface area contributed by atoms with Gasteiger partial charge < -0.3 is 10.6 Å². The van der Waals surface area contributed by atoms with E-state index in [1.165, 1.54) is 0 Å². The first-order valence-corrected chi connectivity index (χ1v) is 8.55. The van der Waals surface area contributed by atoms with E-state index in [9.17, 15) is 13.2 Å². The van der Waals surface area contributed by atoms with Crippen molar-refractivity contribution in [2.24, 2.45) is 0 Å². The first-order chi connectivity index (χ1) is 9.38. The van der Waals surface area contributed by atoms with Crippen LogP contribution in [-0.4, -0.2) is 38.4 Å². The van der Waals surface area contributed by atoms with Crippen molar-refractivity contribution in [3.05, 3.63) is 29.8 Å². The average molecular weight is 298 g/mol. The highest BCUT2D eigenvalue weighted by Crippen LogP contribution is 2.12. The van der Waals surface area contributed by atoms with E-state index in [2.05, 4.69) is 10.6 Å². The summed E-state index contributed by atoms with van der Waals surface area (Å²) in [6.45, 7) is 5.88. The van der Waals surface area contributed by atoms with Crippen LogP contribution in [0.15, 0.2) is 24.3 Å². The maximum Gasteiger partial charge on any atom is 0.251 e. The van der Waals surface area contributed by atoms with Crippen LogP contribution in [-0.2, 0) is 9.84 Å². The molecule has 0 aliphatic rings. The Labute approximate surface area is 120 Å². The maximum absolute atomic E-state index is 11.7. The number of carbonyl (C=O) groups is 1. The topological polar surface area (TPSA) is 75.3 Å². The van der Waals surface area contributed by atoms with Gasteiger partial charge >= 0.3 is 0 Å². The zero-order chi connectivity index (χ0) is 15.2. The van der Waals surface area contributed by atoms with Gasteiger partial charge in [0, 0.05) is 29.6 Å². The third kappa shape index (κ3) is 5.21. The van der Waals surface area contributed by atoms with Crippen LogP contribution in [0.1, 0.15) is 31.1 Å². The molecule has 1 aromatic carbocycles. The molecule has 0 spiro atoms. The summed E-state index contributed by atoms with van der Waals surface area (Å²) in [5, 5.41) is 5.84. The van der Waals surface area contributed by atoms with E-state index in [0.717, 1.165) is 5.69 Å². The molecule has 2 N–H and O–H groups in total. The lowest BCUT2D eigenvalue weighted by atomic mass is 10.2. The number of benzene rings is 1. The second-order valence-electron chi connectivity index (χ2n) is 4.68. The number of carbonyl (C=O) groups excluding carboxylic acids is 1. The van der Waals surface area contributed by atoms with Crippen LogP contribution >= 0.6 is 0 Å². The SMILES string of the molecule is CCNC(=O)c1cccc(NC(C)CS(=O)(=O)CC)c1. The number of hydrogen-bond acceptors (Lipinski definition) is 4. The molecule has 20 heavy (non-hydrogen) atoms. The minimum Gasteiger partial charge on any atom is -0.382 e. The minimum absolute atomic E-state index is 0.0783. The zero-order valence-electron chi connectivity index (χ0n) is 12.1. The summed E-state index contributed by atoms with van der Waals surface area (Å²) in [4.78, 5) is 11.7. The molecule has 0 saturated heterocycles. The summed E-state index contributed by atoms with van der Waals surface area (Å²) in [6, 6.07) is 6.83. The summed E-state index contributed by atoms with van der Waals surface area (Å²) < 4.78 is 23.1. The average Bonchev–Trinajstić information content (AvgIpc) is 2.38. The Hall–Kier alpha value is -1.56. The van der Waals surface area contributed by atoms with Crippen LogP contribution in [0.4, 0.5) is 5.69 Å². The van der Waals surface area contributed by atoms with Crippen LogP contribution in [0, 0.1) is 0 Å². The van der Waals surface area contributed by atoms with Gasteiger partial charge in [0.15, 0.2) is 9.84 Å². The number of sulfone groups is 1. The van der Waals surface area contributed by atoms with Crippen molar-refractivity contribution in [3.8, 4) is 0 Å². The molecule has 1 aromatic rings. The normalized spacial score (nSPS) is 12.8. The van der Waals surface area contributed by atoms with Crippen molar-refractivity contribution in [2.75, 3.05) is 23.4 Å². The van der Waals surface area contributed by atoms with Crippen LogP contribution in [0.3, 0.4) is 0 Å². The fourth-order valence-corrected chi connectivity index (χ4v) is 2.92. The van der Waals surface area contributed by atoms with Crippen LogP contribution in [0.25, 0.3) is 0 Å². The molecule has 1 amide bonds. The lowest BCUT2D eigenvalue weighted by molar-refractivity contribution is 0.0956. The van der Waals surface area contributed by atoms with Gasteiger partial charge in [-0.2, -0.15) is 0 Å². The largest absolute Gasteiger partial charge is 0.382 e. The molecule has 5 nitrogen and oxygen atoms in total. The zero-order valence-corrected chi connectivity index (χ0v) is 13.0. The molecular formula is C14H22N2O3S. The number of rotatable bonds is 7. The van der Waals surface area contributed by atoms with Gasteiger partial charge in [0.25, 0.3) is 5.91 Å². The molecule has 0 fully saturated rings. The summed E-state index contributed by atoms with van der Waals surface area (Å²) in [6.07, 6.45) is 0. The van der Waals surface area contributed by atoms with Crippen LogP contribution in [0.2, 0.25) is 0 Å². The summed E-state index contributed by atoms with van der Waals surface area (Å²) in [7, 11) is -3.02. The Kier molecular flexibility index (Phi) is 6.01. The van der Waals surface area contributed by atoms with E-state index in [1.54, 1.807) is 25.1 Å². The van der Waals surface area contributed by atoms with Gasteiger partial charge in [-0.1, -0.05) is 13.0 Å². The van der Waals surface area contributed by atoms with Crippen molar-refractivity contribution in [2.45, 2.75) is 26.8 Å². The predicted octanol–water partition coefficient (Wildman–Crippen LogP) is 1.67. The van der Waals surface area contributed by atoms with Crippen molar-refractivity contribution < 1.29 is 13.2 Å². The molecule has 0 saturated carbocycles. The predicted molar refractivity (Wildman–Crippen MR) is 81.9 cm³/mol. The molecule has 0 heterocycles. The minimum atomic E-state index is -3.02. The molecule has 1 atom stereocenters. The third-order valence-corrected chi connectivity index (χ3v) is 4.71. The van der Waals surface area contributed by atoms with Crippen molar-refractivity contribution in [1.82, 2.24) is 5.32 Å². The highest BCUT2D eigenvalue weighted by Gasteiger charge is 2.14. The second-order valence-corrected chi connectivity index (χ2v) is 7.08. The fraction of sp³-hybridized carbons (Fsp3) is 0.500. The van der Waals surface area contributed by atoms with E-state index >= 15 is 0 Å². The molecule has 1 rings (SSSR count). The second kappa shape index (κ2) is 7.28. The summed E-state index contributed by atoms with van der Waals surface area (Å²) in [5.74, 6) is 0.0809. The lowest BCUT2D eigenvalue weighted by Crippen LogP contribution is -2.27. The Balaban J connectivity index is 2.73. The van der Waals surface area contributed by atoms with Crippen molar-refractivity contribution in [1.29, 1.82) is 0 Å². The molecule has 0 aliphatic heterocycles. The first-order valence-electron chi connectivity index (χ1n) is 6.73.